The molecule has 8 heteroatoms. The highest BCUT2D eigenvalue weighted by molar-refractivity contribution is 5.92. The van der Waals surface area contributed by atoms with Gasteiger partial charge in [-0.15, -0.1) is 10.2 Å². The molecule has 0 radical (unpaired) electrons. The second-order valence-corrected chi connectivity index (χ2v) is 7.81. The summed E-state index contributed by atoms with van der Waals surface area (Å²) in [5.41, 5.74) is 5.77. The SMILES string of the molecule is C=C(C)c1nc(CCC)n(Cc2ccc(-c3ccccc3-c3nn[nH]n3)cc2)c1C(=O)OC. The van der Waals surface area contributed by atoms with E-state index >= 15 is 0 Å². The van der Waals surface area contributed by atoms with Gasteiger partial charge in [0.1, 0.15) is 5.82 Å². The fourth-order valence-electron chi connectivity index (χ4n) is 3.86. The molecule has 1 N–H and O–H groups in total. The number of aryl methyl sites for hydroxylation is 1. The van der Waals surface area contributed by atoms with E-state index in [1.165, 1.54) is 7.11 Å². The lowest BCUT2D eigenvalue weighted by Gasteiger charge is -2.13. The Labute approximate surface area is 192 Å². The van der Waals surface area contributed by atoms with Gasteiger partial charge >= 0.3 is 5.97 Å². The Morgan fingerprint density at radius 3 is 2.45 bits per heavy atom. The van der Waals surface area contributed by atoms with Gasteiger partial charge in [0.25, 0.3) is 0 Å². The van der Waals surface area contributed by atoms with Crippen LogP contribution in [-0.4, -0.2) is 43.3 Å². The number of benzene rings is 2. The maximum absolute atomic E-state index is 12.6. The Hall–Kier alpha value is -4.07. The van der Waals surface area contributed by atoms with Crippen LogP contribution in [-0.2, 0) is 17.7 Å². The second kappa shape index (κ2) is 9.60. The van der Waals surface area contributed by atoms with E-state index in [4.69, 9.17) is 9.72 Å². The summed E-state index contributed by atoms with van der Waals surface area (Å²) in [6.45, 7) is 8.45. The van der Waals surface area contributed by atoms with Crippen molar-refractivity contribution >= 4 is 11.5 Å². The minimum absolute atomic E-state index is 0.409. The number of methoxy groups -OCH3 is 1. The van der Waals surface area contributed by atoms with Crippen LogP contribution in [0.3, 0.4) is 0 Å². The molecule has 0 atom stereocenters. The van der Waals surface area contributed by atoms with Gasteiger partial charge in [-0.3, -0.25) is 0 Å². The van der Waals surface area contributed by atoms with Gasteiger partial charge in [-0.1, -0.05) is 62.0 Å². The number of hydrogen-bond acceptors (Lipinski definition) is 6. The molecule has 2 heterocycles. The molecule has 0 bridgehead atoms. The standard InChI is InChI=1S/C25H26N6O2/c1-5-8-21-26-22(16(2)3)23(25(32)33-4)31(21)15-17-11-13-18(14-12-17)19-9-6-7-10-20(19)24-27-29-30-28-24/h6-7,9-14H,2,5,8,15H2,1,3-4H3,(H,27,28,29,30). The average molecular weight is 443 g/mol. The van der Waals surface area contributed by atoms with Crippen LogP contribution < -0.4 is 0 Å². The number of rotatable bonds is 8. The molecule has 2 aromatic carbocycles. The molecule has 4 aromatic rings. The number of ether oxygens (including phenoxy) is 1. The number of H-pyrrole nitrogens is 1. The maximum atomic E-state index is 12.6. The topological polar surface area (TPSA) is 98.6 Å². The van der Waals surface area contributed by atoms with Crippen LogP contribution in [0, 0.1) is 0 Å². The first kappa shape index (κ1) is 22.1. The number of carbonyl (C=O) groups is 1. The van der Waals surface area contributed by atoms with Gasteiger partial charge in [0, 0.05) is 18.5 Å². The molecule has 4 rings (SSSR count). The van der Waals surface area contributed by atoms with Crippen LogP contribution in [0.25, 0.3) is 28.1 Å². The molecule has 0 unspecified atom stereocenters. The molecule has 0 fully saturated rings. The molecule has 168 valence electrons. The lowest BCUT2D eigenvalue weighted by atomic mass is 9.98. The Morgan fingerprint density at radius 2 is 1.85 bits per heavy atom. The fraction of sp³-hybridized carbons (Fsp3) is 0.240. The number of hydrogen-bond donors (Lipinski definition) is 1. The number of allylic oxidation sites excluding steroid dienone is 1. The van der Waals surface area contributed by atoms with Gasteiger partial charge in [-0.25, -0.2) is 9.78 Å². The van der Waals surface area contributed by atoms with E-state index in [1.807, 2.05) is 35.8 Å². The van der Waals surface area contributed by atoms with Crippen molar-refractivity contribution in [2.45, 2.75) is 33.2 Å². The van der Waals surface area contributed by atoms with Gasteiger partial charge in [-0.2, -0.15) is 5.21 Å². The summed E-state index contributed by atoms with van der Waals surface area (Å²) < 4.78 is 7.01. The van der Waals surface area contributed by atoms with Gasteiger partial charge in [0.05, 0.1) is 12.8 Å². The fourth-order valence-corrected chi connectivity index (χ4v) is 3.86. The first-order valence-electron chi connectivity index (χ1n) is 10.8. The zero-order valence-corrected chi connectivity index (χ0v) is 19.0. The average Bonchev–Trinajstić information content (AvgIpc) is 3.48. The number of aromatic amines is 1. The molecule has 0 spiro atoms. The van der Waals surface area contributed by atoms with Crippen LogP contribution >= 0.6 is 0 Å². The minimum Gasteiger partial charge on any atom is -0.464 e. The van der Waals surface area contributed by atoms with E-state index < -0.39 is 5.97 Å². The summed E-state index contributed by atoms with van der Waals surface area (Å²) in [7, 11) is 1.39. The predicted octanol–water partition coefficient (Wildman–Crippen LogP) is 4.55. The number of esters is 1. The van der Waals surface area contributed by atoms with Crippen molar-refractivity contribution in [1.29, 1.82) is 0 Å². The quantitative estimate of drug-likeness (QED) is 0.402. The summed E-state index contributed by atoms with van der Waals surface area (Å²) >= 11 is 0. The lowest BCUT2D eigenvalue weighted by Crippen LogP contribution is -2.15. The highest BCUT2D eigenvalue weighted by atomic mass is 16.5. The summed E-state index contributed by atoms with van der Waals surface area (Å²) in [4.78, 5) is 17.3. The van der Waals surface area contributed by atoms with Crippen molar-refractivity contribution < 1.29 is 9.53 Å². The van der Waals surface area contributed by atoms with Crippen molar-refractivity contribution in [3.8, 4) is 22.5 Å². The molecular formula is C25H26N6O2. The third-order valence-electron chi connectivity index (χ3n) is 5.42. The zero-order valence-electron chi connectivity index (χ0n) is 19.0. The Morgan fingerprint density at radius 1 is 1.12 bits per heavy atom. The molecular weight excluding hydrogens is 416 g/mol. The highest BCUT2D eigenvalue weighted by Gasteiger charge is 2.24. The predicted molar refractivity (Wildman–Crippen MR) is 126 cm³/mol. The van der Waals surface area contributed by atoms with Crippen LogP contribution in [0.15, 0.2) is 55.1 Å². The van der Waals surface area contributed by atoms with Crippen LogP contribution in [0.1, 0.15) is 47.8 Å². The van der Waals surface area contributed by atoms with E-state index in [0.717, 1.165) is 46.5 Å². The molecule has 0 saturated heterocycles. The van der Waals surface area contributed by atoms with E-state index in [1.54, 1.807) is 0 Å². The van der Waals surface area contributed by atoms with Crippen molar-refractivity contribution in [2.24, 2.45) is 0 Å². The van der Waals surface area contributed by atoms with Crippen molar-refractivity contribution in [1.82, 2.24) is 30.2 Å². The van der Waals surface area contributed by atoms with E-state index in [0.29, 0.717) is 23.8 Å². The molecule has 0 aliphatic heterocycles. The maximum Gasteiger partial charge on any atom is 0.357 e. The molecule has 0 aliphatic carbocycles. The lowest BCUT2D eigenvalue weighted by molar-refractivity contribution is 0.0588. The Kier molecular flexibility index (Phi) is 6.44. The number of nitrogens with zero attached hydrogens (tertiary/aromatic N) is 5. The molecule has 0 aliphatic rings. The summed E-state index contributed by atoms with van der Waals surface area (Å²) in [6, 6.07) is 16.2. The number of nitrogens with one attached hydrogen (secondary N) is 1. The van der Waals surface area contributed by atoms with Gasteiger partial charge < -0.3 is 9.30 Å². The number of tetrazole rings is 1. The monoisotopic (exact) mass is 442 g/mol. The first-order valence-corrected chi connectivity index (χ1v) is 10.8. The smallest absolute Gasteiger partial charge is 0.357 e. The number of carbonyl (C=O) groups excluding carboxylic acids is 1. The molecule has 8 nitrogen and oxygen atoms in total. The first-order chi connectivity index (χ1) is 16.0. The summed E-state index contributed by atoms with van der Waals surface area (Å²) in [5, 5.41) is 14.4. The van der Waals surface area contributed by atoms with Crippen molar-refractivity contribution in [3.05, 3.63) is 77.9 Å². The van der Waals surface area contributed by atoms with Crippen molar-refractivity contribution in [3.63, 3.8) is 0 Å². The zero-order chi connectivity index (χ0) is 23.4. The largest absolute Gasteiger partial charge is 0.464 e. The number of aromatic nitrogens is 6. The van der Waals surface area contributed by atoms with E-state index in [-0.39, 0.29) is 0 Å². The third-order valence-corrected chi connectivity index (χ3v) is 5.42. The number of imidazole rings is 1. The Bertz CT molecular complexity index is 1270. The van der Waals surface area contributed by atoms with Crippen LogP contribution in [0.5, 0.6) is 0 Å². The van der Waals surface area contributed by atoms with E-state index in [9.17, 15) is 4.79 Å². The minimum atomic E-state index is -0.409. The third kappa shape index (κ3) is 4.45. The summed E-state index contributed by atoms with van der Waals surface area (Å²) in [5.74, 6) is 0.989. The second-order valence-electron chi connectivity index (χ2n) is 7.81. The van der Waals surface area contributed by atoms with Gasteiger partial charge in [0.15, 0.2) is 5.69 Å². The summed E-state index contributed by atoms with van der Waals surface area (Å²) in [6.07, 6.45) is 1.67. The molecule has 33 heavy (non-hydrogen) atoms. The highest BCUT2D eigenvalue weighted by Crippen LogP contribution is 2.30. The molecule has 2 aromatic heterocycles. The van der Waals surface area contributed by atoms with Gasteiger partial charge in [-0.05, 0) is 40.8 Å². The van der Waals surface area contributed by atoms with Crippen LogP contribution in [0.2, 0.25) is 0 Å². The van der Waals surface area contributed by atoms with Gasteiger partial charge in [0.2, 0.25) is 5.82 Å². The van der Waals surface area contributed by atoms with Crippen LogP contribution in [0.4, 0.5) is 0 Å². The Balaban J connectivity index is 1.70. The van der Waals surface area contributed by atoms with E-state index in [2.05, 4.69) is 58.4 Å². The molecule has 0 amide bonds. The normalized spacial score (nSPS) is 10.9. The van der Waals surface area contributed by atoms with Crippen molar-refractivity contribution in [2.75, 3.05) is 7.11 Å². The molecule has 0 saturated carbocycles.